The highest BCUT2D eigenvalue weighted by molar-refractivity contribution is 7.53. The third kappa shape index (κ3) is 5.98. The fraction of sp³-hybridized carbons (Fsp3) is 1.00. The van der Waals surface area contributed by atoms with E-state index in [1.165, 1.54) is 0 Å². The van der Waals surface area contributed by atoms with Gasteiger partial charge in [0.15, 0.2) is 0 Å². The molecule has 1 fully saturated rings. The summed E-state index contributed by atoms with van der Waals surface area (Å²) in [6.45, 7) is 7.07. The normalized spacial score (nSPS) is 20.9. The van der Waals surface area contributed by atoms with Crippen molar-refractivity contribution in [2.75, 3.05) is 39.1 Å². The number of ether oxygens (including phenoxy) is 1. The summed E-state index contributed by atoms with van der Waals surface area (Å²) in [6, 6.07) is 0. The molecule has 1 aliphatic rings. The van der Waals surface area contributed by atoms with Crippen molar-refractivity contribution in [1.29, 1.82) is 0 Å². The zero-order chi connectivity index (χ0) is 12.6. The zero-order valence-corrected chi connectivity index (χ0v) is 11.7. The summed E-state index contributed by atoms with van der Waals surface area (Å²) in [4.78, 5) is 0. The molecule has 0 amide bonds. The maximum absolute atomic E-state index is 12.1. The van der Waals surface area contributed by atoms with E-state index in [1.54, 1.807) is 0 Å². The molecule has 1 heterocycles. The minimum Gasteiger partial charge on any atom is -0.377 e. The van der Waals surface area contributed by atoms with Crippen molar-refractivity contribution in [1.82, 2.24) is 5.32 Å². The van der Waals surface area contributed by atoms with E-state index >= 15 is 0 Å². The molecule has 0 aromatic carbocycles. The van der Waals surface area contributed by atoms with Gasteiger partial charge in [-0.3, -0.25) is 4.57 Å². The average Bonchev–Trinajstić information content (AvgIpc) is 2.78. The van der Waals surface area contributed by atoms with Gasteiger partial charge in [0, 0.05) is 13.2 Å². The van der Waals surface area contributed by atoms with Gasteiger partial charge in [0.25, 0.3) is 0 Å². The van der Waals surface area contributed by atoms with E-state index in [0.717, 1.165) is 19.5 Å². The molecule has 0 radical (unpaired) electrons. The quantitative estimate of drug-likeness (QED) is 0.510. The molecule has 1 N–H and O–H groups in total. The lowest BCUT2D eigenvalue weighted by Crippen LogP contribution is -2.17. The fourth-order valence-corrected chi connectivity index (χ4v) is 3.47. The molecular formula is C11H24NO4P. The Kier molecular flexibility index (Phi) is 7.32. The van der Waals surface area contributed by atoms with Crippen molar-refractivity contribution in [3.63, 3.8) is 0 Å². The first-order chi connectivity index (χ1) is 8.20. The molecule has 6 heteroatoms. The Morgan fingerprint density at radius 2 is 2.00 bits per heavy atom. The Labute approximate surface area is 104 Å². The summed E-state index contributed by atoms with van der Waals surface area (Å²) in [5, 5.41) is 3.24. The first-order valence-electron chi connectivity index (χ1n) is 6.40. The molecule has 0 unspecified atom stereocenters. The summed E-state index contributed by atoms with van der Waals surface area (Å²) in [5.41, 5.74) is 0. The van der Waals surface area contributed by atoms with Crippen LogP contribution < -0.4 is 5.32 Å². The van der Waals surface area contributed by atoms with Gasteiger partial charge in [-0.05, 0) is 33.2 Å². The second-order valence-corrected chi connectivity index (χ2v) is 6.19. The predicted octanol–water partition coefficient (Wildman–Crippen LogP) is 2.02. The highest BCUT2D eigenvalue weighted by Crippen LogP contribution is 2.48. The minimum atomic E-state index is -2.88. The Balaban J connectivity index is 2.15. The molecule has 0 bridgehead atoms. The monoisotopic (exact) mass is 265 g/mol. The molecule has 0 spiro atoms. The SMILES string of the molecule is CCOP(=O)(CCCO[C@H]1CCNC1)OCC. The number of nitrogens with one attached hydrogen (secondary N) is 1. The van der Waals surface area contributed by atoms with E-state index in [-0.39, 0.29) is 0 Å². The van der Waals surface area contributed by atoms with Gasteiger partial charge in [-0.25, -0.2) is 0 Å². The molecule has 0 aromatic heterocycles. The van der Waals surface area contributed by atoms with Crippen molar-refractivity contribution in [2.24, 2.45) is 0 Å². The van der Waals surface area contributed by atoms with Crippen LogP contribution in [0.25, 0.3) is 0 Å². The summed E-state index contributed by atoms with van der Waals surface area (Å²) in [5.74, 6) is 0. The van der Waals surface area contributed by atoms with Crippen LogP contribution in [0.1, 0.15) is 26.7 Å². The maximum atomic E-state index is 12.1. The van der Waals surface area contributed by atoms with E-state index < -0.39 is 7.60 Å². The van der Waals surface area contributed by atoms with Crippen molar-refractivity contribution >= 4 is 7.60 Å². The van der Waals surface area contributed by atoms with Crippen molar-refractivity contribution in [3.05, 3.63) is 0 Å². The first kappa shape index (κ1) is 15.1. The van der Waals surface area contributed by atoms with Gasteiger partial charge in [0.1, 0.15) is 0 Å². The van der Waals surface area contributed by atoms with E-state index in [2.05, 4.69) is 5.32 Å². The molecule has 5 nitrogen and oxygen atoms in total. The average molecular weight is 265 g/mol. The number of hydrogen-bond acceptors (Lipinski definition) is 5. The van der Waals surface area contributed by atoms with Crippen LogP contribution >= 0.6 is 7.60 Å². The van der Waals surface area contributed by atoms with Gasteiger partial charge in [0.2, 0.25) is 0 Å². The van der Waals surface area contributed by atoms with Crippen LogP contribution in [0.2, 0.25) is 0 Å². The molecule has 1 rings (SSSR count). The lowest BCUT2D eigenvalue weighted by atomic mass is 10.3. The van der Waals surface area contributed by atoms with Gasteiger partial charge >= 0.3 is 7.60 Å². The lowest BCUT2D eigenvalue weighted by Gasteiger charge is -2.17. The zero-order valence-electron chi connectivity index (χ0n) is 10.8. The van der Waals surface area contributed by atoms with Crippen molar-refractivity contribution in [2.45, 2.75) is 32.8 Å². The fourth-order valence-electron chi connectivity index (χ4n) is 1.84. The van der Waals surface area contributed by atoms with Gasteiger partial charge in [-0.15, -0.1) is 0 Å². The van der Waals surface area contributed by atoms with Crippen molar-refractivity contribution in [3.8, 4) is 0 Å². The highest BCUT2D eigenvalue weighted by atomic mass is 31.2. The van der Waals surface area contributed by atoms with E-state index in [1.807, 2.05) is 13.8 Å². The molecule has 0 aliphatic carbocycles. The minimum absolute atomic E-state index is 0.313. The summed E-state index contributed by atoms with van der Waals surface area (Å²) in [7, 11) is -2.88. The molecule has 1 saturated heterocycles. The van der Waals surface area contributed by atoms with Gasteiger partial charge < -0.3 is 19.1 Å². The Morgan fingerprint density at radius 1 is 1.29 bits per heavy atom. The third-order valence-electron chi connectivity index (χ3n) is 2.60. The van der Waals surface area contributed by atoms with Gasteiger partial charge in [-0.1, -0.05) is 0 Å². The third-order valence-corrected chi connectivity index (χ3v) is 4.76. The van der Waals surface area contributed by atoms with Crippen molar-refractivity contribution < 1.29 is 18.3 Å². The van der Waals surface area contributed by atoms with Crippen LogP contribution in [0.15, 0.2) is 0 Å². The van der Waals surface area contributed by atoms with Crippen LogP contribution in [-0.4, -0.2) is 45.2 Å². The van der Waals surface area contributed by atoms with E-state index in [9.17, 15) is 4.57 Å². The van der Waals surface area contributed by atoms with Crippen LogP contribution in [-0.2, 0) is 18.3 Å². The summed E-state index contributed by atoms with van der Waals surface area (Å²) in [6.07, 6.45) is 2.53. The number of hydrogen-bond donors (Lipinski definition) is 1. The molecule has 1 atom stereocenters. The van der Waals surface area contributed by atoms with Crippen LogP contribution in [0.5, 0.6) is 0 Å². The highest BCUT2D eigenvalue weighted by Gasteiger charge is 2.23. The Hall–Kier alpha value is 0.0700. The standard InChI is InChI=1S/C11H24NO4P/c1-3-15-17(13,16-4-2)9-5-8-14-11-6-7-12-10-11/h11-12H,3-10H2,1-2H3/t11-/m0/s1. The lowest BCUT2D eigenvalue weighted by molar-refractivity contribution is 0.0668. The molecule has 0 aromatic rings. The predicted molar refractivity (Wildman–Crippen MR) is 67.6 cm³/mol. The van der Waals surface area contributed by atoms with Gasteiger partial charge in [0.05, 0.1) is 25.5 Å². The van der Waals surface area contributed by atoms with Crippen LogP contribution in [0.3, 0.4) is 0 Å². The summed E-state index contributed by atoms with van der Waals surface area (Å²) >= 11 is 0. The molecule has 102 valence electrons. The largest absolute Gasteiger partial charge is 0.377 e. The van der Waals surface area contributed by atoms with Gasteiger partial charge in [-0.2, -0.15) is 0 Å². The molecule has 0 saturated carbocycles. The molecule has 17 heavy (non-hydrogen) atoms. The Bertz CT molecular complexity index is 234. The second kappa shape index (κ2) is 8.22. The smallest absolute Gasteiger partial charge is 0.330 e. The van der Waals surface area contributed by atoms with Crippen LogP contribution in [0.4, 0.5) is 0 Å². The molecule has 1 aliphatic heterocycles. The topological polar surface area (TPSA) is 56.8 Å². The first-order valence-corrected chi connectivity index (χ1v) is 8.13. The van der Waals surface area contributed by atoms with E-state index in [4.69, 9.17) is 13.8 Å². The molecular weight excluding hydrogens is 241 g/mol. The maximum Gasteiger partial charge on any atom is 0.330 e. The van der Waals surface area contributed by atoms with Crippen LogP contribution in [0, 0.1) is 0 Å². The number of rotatable bonds is 9. The second-order valence-electron chi connectivity index (χ2n) is 4.01. The summed E-state index contributed by atoms with van der Waals surface area (Å²) < 4.78 is 28.2. The van der Waals surface area contributed by atoms with E-state index in [0.29, 0.717) is 38.5 Å². The Morgan fingerprint density at radius 3 is 2.53 bits per heavy atom.